The van der Waals surface area contributed by atoms with E-state index in [2.05, 4.69) is 60.7 Å². The molecule has 14 heavy (non-hydrogen) atoms. The Labute approximate surface area is 133 Å². The molecule has 0 unspecified atom stereocenters. The van der Waals surface area contributed by atoms with Gasteiger partial charge in [-0.25, -0.2) is 0 Å². The van der Waals surface area contributed by atoms with Crippen molar-refractivity contribution in [2.75, 3.05) is 7.11 Å². The van der Waals surface area contributed by atoms with Gasteiger partial charge in [0.25, 0.3) is 5.97 Å². The van der Waals surface area contributed by atoms with Gasteiger partial charge in [-0.3, -0.25) is 9.59 Å². The molecule has 4 nitrogen and oxygen atoms in total. The number of methoxy groups -OCH3 is 1. The third-order valence-corrected chi connectivity index (χ3v) is 0.677. The molecule has 83 valence electrons. The molecule has 0 heterocycles. The first kappa shape index (κ1) is 24.6. The van der Waals surface area contributed by atoms with Gasteiger partial charge in [-0.05, 0) is 0 Å². The van der Waals surface area contributed by atoms with Crippen LogP contribution in [-0.4, -0.2) is 19.0 Å². The zero-order valence-electron chi connectivity index (χ0n) is 8.09. The summed E-state index contributed by atoms with van der Waals surface area (Å²) >= 11 is 4.24. The van der Waals surface area contributed by atoms with Crippen LogP contribution in [0.4, 0.5) is 0 Å². The van der Waals surface area contributed by atoms with Crippen molar-refractivity contribution in [2.24, 2.45) is 0 Å². The minimum atomic E-state index is -0.693. The van der Waals surface area contributed by atoms with Crippen molar-refractivity contribution in [3.63, 3.8) is 0 Å². The molecule has 7 heteroatoms. The maximum Gasteiger partial charge on any atom is 0.316 e. The second kappa shape index (κ2) is 24.0. The summed E-state index contributed by atoms with van der Waals surface area (Å²) in [5.41, 5.74) is 0. The average molecular weight is 503 g/mol. The van der Waals surface area contributed by atoms with Gasteiger partial charge in [0.2, 0.25) is 0 Å². The molecule has 0 aliphatic carbocycles. The Morgan fingerprint density at radius 2 is 1.57 bits per heavy atom. The summed E-state index contributed by atoms with van der Waals surface area (Å²) in [7, 11) is 4.01. The third-order valence-electron chi connectivity index (χ3n) is 0.677. The van der Waals surface area contributed by atoms with E-state index in [-0.39, 0.29) is 39.1 Å². The maximum absolute atomic E-state index is 10.2. The van der Waals surface area contributed by atoms with Gasteiger partial charge in [0.1, 0.15) is 6.42 Å². The first-order chi connectivity index (χ1) is 6.20. The van der Waals surface area contributed by atoms with E-state index in [0.29, 0.717) is 0 Å². The normalized spacial score (nSPS) is 6.14. The van der Waals surface area contributed by atoms with Gasteiger partial charge in [-0.2, -0.15) is 14.0 Å². The molecule has 0 aliphatic heterocycles. The molecule has 0 spiro atoms. The predicted octanol–water partition coefficient (Wildman–Crippen LogP) is 2.49. The molecule has 0 aromatic rings. The first-order valence-corrected chi connectivity index (χ1v) is 9.36. The van der Waals surface area contributed by atoms with Gasteiger partial charge in [0, 0.05) is 69.9 Å². The zero-order valence-corrected chi connectivity index (χ0v) is 15.2. The molecule has 0 saturated heterocycles. The minimum absolute atomic E-state index is 0. The molecule has 0 N–H and O–H groups in total. The molecule has 0 amide bonds. The van der Waals surface area contributed by atoms with E-state index in [1.807, 2.05) is 0 Å². The molecule has 1 radical (unpaired) electrons. The first-order valence-electron chi connectivity index (χ1n) is 3.07. The van der Waals surface area contributed by atoms with Crippen LogP contribution in [0.25, 0.3) is 0 Å². The second-order valence-electron chi connectivity index (χ2n) is 1.27. The third kappa shape index (κ3) is 23.4. The molecular weight excluding hydrogens is 491 g/mol. The van der Waals surface area contributed by atoms with Crippen molar-refractivity contribution in [3.8, 4) is 0 Å². The summed E-state index contributed by atoms with van der Waals surface area (Å²) in [5, 5.41) is 0. The number of halogens is 2. The van der Waals surface area contributed by atoms with Gasteiger partial charge < -0.3 is 16.4 Å². The van der Waals surface area contributed by atoms with Crippen LogP contribution in [0.1, 0.15) is 13.3 Å². The molecular formula is C7H12I2O4Y-2. The van der Waals surface area contributed by atoms with E-state index >= 15 is 0 Å². The summed E-state index contributed by atoms with van der Waals surface area (Å²) in [4.78, 5) is 20.4. The van der Waals surface area contributed by atoms with Crippen molar-refractivity contribution in [1.29, 1.82) is 0 Å². The number of ether oxygens (including phenoxy) is 2. The molecule has 0 bridgehead atoms. The number of carbonyl (C=O) groups is 2. The van der Waals surface area contributed by atoms with Crippen molar-refractivity contribution < 1.29 is 51.8 Å². The fourth-order valence-electron chi connectivity index (χ4n) is 0.241. The van der Waals surface area contributed by atoms with E-state index < -0.39 is 11.9 Å². The molecule has 0 aromatic carbocycles. The fraction of sp³-hybridized carbons (Fsp3) is 0.429. The van der Waals surface area contributed by atoms with Crippen molar-refractivity contribution in [2.45, 2.75) is 13.3 Å². The summed E-state index contributed by atoms with van der Waals surface area (Å²) < 4.78 is 8.09. The summed E-state index contributed by atoms with van der Waals surface area (Å²) in [6.45, 7) is 5.00. The molecule has 0 aliphatic rings. The number of carbonyl (C=O) groups excluding carboxylic acids is 2. The van der Waals surface area contributed by atoms with Crippen LogP contribution >= 0.6 is 37.2 Å². The van der Waals surface area contributed by atoms with Crippen LogP contribution in [0.2, 0.25) is 0 Å². The van der Waals surface area contributed by atoms with E-state index in [1.165, 1.54) is 7.11 Å². The second-order valence-corrected chi connectivity index (χ2v) is 1.27. The van der Waals surface area contributed by atoms with Crippen molar-refractivity contribution in [1.82, 2.24) is 0 Å². The largest absolute Gasteiger partial charge is 0.640 e. The molecule has 0 atom stereocenters. The van der Waals surface area contributed by atoms with Crippen LogP contribution in [0, 0.1) is 14.0 Å². The molecule has 0 rings (SSSR count). The SMILES string of the molecule is II.[CH2-]C.[CH2-]OC(=O)CC(=O)OC.[Y]. The van der Waals surface area contributed by atoms with E-state index in [1.54, 1.807) is 6.92 Å². The predicted molar refractivity (Wildman–Crippen MR) is 67.2 cm³/mol. The maximum atomic E-state index is 10.2. The number of esters is 2. The Morgan fingerprint density at radius 1 is 1.21 bits per heavy atom. The summed E-state index contributed by atoms with van der Waals surface area (Å²) in [6.07, 6.45) is -0.375. The standard InChI is InChI=1S/C5H7O4.C2H5.I2.Y/c1-8-4(6)3-5(7)9-2;2*1-2;/h1,3H2,2H3;1H2,2H3;;/q2*-1;;. The topological polar surface area (TPSA) is 52.6 Å². The molecule has 0 aromatic heterocycles. The fourth-order valence-corrected chi connectivity index (χ4v) is 0.241. The Hall–Kier alpha value is 1.50. The van der Waals surface area contributed by atoms with E-state index in [4.69, 9.17) is 0 Å². The van der Waals surface area contributed by atoms with E-state index in [9.17, 15) is 9.59 Å². The van der Waals surface area contributed by atoms with Gasteiger partial charge in [0.05, 0.1) is 7.11 Å². The van der Waals surface area contributed by atoms with Crippen molar-refractivity contribution in [3.05, 3.63) is 14.0 Å². The molecule has 0 fully saturated rings. The Kier molecular flexibility index (Phi) is 42.2. The van der Waals surface area contributed by atoms with Crippen LogP contribution in [0.15, 0.2) is 0 Å². The zero-order chi connectivity index (χ0) is 11.3. The van der Waals surface area contributed by atoms with Gasteiger partial charge in [-0.1, -0.05) is 0 Å². The monoisotopic (exact) mass is 503 g/mol. The minimum Gasteiger partial charge on any atom is -0.640 e. The number of rotatable bonds is 2. The van der Waals surface area contributed by atoms with Gasteiger partial charge in [-0.15, -0.1) is 0 Å². The molecule has 0 saturated carbocycles. The van der Waals surface area contributed by atoms with Crippen LogP contribution in [0.5, 0.6) is 0 Å². The van der Waals surface area contributed by atoms with Crippen LogP contribution in [0.3, 0.4) is 0 Å². The quantitative estimate of drug-likeness (QED) is 0.252. The van der Waals surface area contributed by atoms with Gasteiger partial charge in [0.15, 0.2) is 0 Å². The Morgan fingerprint density at radius 3 is 1.79 bits per heavy atom. The number of hydrogen-bond acceptors (Lipinski definition) is 4. The summed E-state index contributed by atoms with van der Waals surface area (Å²) in [6, 6.07) is 0. The summed E-state index contributed by atoms with van der Waals surface area (Å²) in [5.74, 6) is -1.31. The van der Waals surface area contributed by atoms with Gasteiger partial charge >= 0.3 is 5.97 Å². The smallest absolute Gasteiger partial charge is 0.316 e. The van der Waals surface area contributed by atoms with Crippen LogP contribution < -0.4 is 0 Å². The average Bonchev–Trinajstić information content (AvgIpc) is 2.23. The van der Waals surface area contributed by atoms with Crippen molar-refractivity contribution >= 4 is 49.2 Å². The Balaban J connectivity index is -0.0000000883. The Bertz CT molecular complexity index is 119. The van der Waals surface area contributed by atoms with E-state index in [0.717, 1.165) is 0 Å². The number of hydrogen-bond donors (Lipinski definition) is 0. The van der Waals surface area contributed by atoms with Crippen LogP contribution in [-0.2, 0) is 51.8 Å².